The maximum Gasteiger partial charge on any atom is 0.143 e. The Hall–Kier alpha value is -1.88. The lowest BCUT2D eigenvalue weighted by molar-refractivity contribution is 0.296. The van der Waals surface area contributed by atoms with E-state index in [1.165, 1.54) is 0 Å². The van der Waals surface area contributed by atoms with E-state index < -0.39 is 0 Å². The predicted octanol–water partition coefficient (Wildman–Crippen LogP) is 2.55. The summed E-state index contributed by atoms with van der Waals surface area (Å²) in [5.74, 6) is 1.29. The Bertz CT molecular complexity index is 596. The van der Waals surface area contributed by atoms with Gasteiger partial charge >= 0.3 is 0 Å². The minimum Gasteiger partial charge on any atom is -0.497 e. The van der Waals surface area contributed by atoms with Crippen LogP contribution >= 0.6 is 11.6 Å². The highest BCUT2D eigenvalue weighted by Gasteiger charge is 2.12. The molecule has 0 spiro atoms. The molecule has 19 heavy (non-hydrogen) atoms. The quantitative estimate of drug-likeness (QED) is 0.875. The van der Waals surface area contributed by atoms with Gasteiger partial charge in [0.2, 0.25) is 0 Å². The van der Waals surface area contributed by atoms with Gasteiger partial charge in [-0.15, -0.1) is 0 Å². The molecule has 0 unspecified atom stereocenters. The molecule has 0 radical (unpaired) electrons. The van der Waals surface area contributed by atoms with E-state index in [9.17, 15) is 0 Å². The van der Waals surface area contributed by atoms with Crippen molar-refractivity contribution in [2.45, 2.75) is 13.5 Å². The number of anilines is 1. The zero-order chi connectivity index (χ0) is 14.0. The van der Waals surface area contributed by atoms with Crippen molar-refractivity contribution in [2.24, 2.45) is 7.05 Å². The van der Waals surface area contributed by atoms with Crippen molar-refractivity contribution >= 4 is 17.3 Å². The number of hydrogen-bond acceptors (Lipinski definition) is 4. The Balaban J connectivity index is 2.14. The number of ether oxygens (including phenoxy) is 2. The highest BCUT2D eigenvalue weighted by Crippen LogP contribution is 2.28. The number of hydrogen-bond donors (Lipinski definition) is 1. The third-order valence-corrected chi connectivity index (χ3v) is 3.33. The highest BCUT2D eigenvalue weighted by atomic mass is 35.5. The topological polar surface area (TPSA) is 62.3 Å². The van der Waals surface area contributed by atoms with Gasteiger partial charge in [-0.3, -0.25) is 4.68 Å². The molecular weight excluding hydrogens is 266 g/mol. The van der Waals surface area contributed by atoms with Gasteiger partial charge in [0.05, 0.1) is 29.2 Å². The van der Waals surface area contributed by atoms with Crippen LogP contribution in [0.15, 0.2) is 18.2 Å². The van der Waals surface area contributed by atoms with Crippen molar-refractivity contribution in [1.29, 1.82) is 0 Å². The van der Waals surface area contributed by atoms with Crippen molar-refractivity contribution in [3.05, 3.63) is 34.6 Å². The number of methoxy groups -OCH3 is 1. The number of nitrogens with two attached hydrogens (primary N) is 1. The maximum atomic E-state index is 6.15. The van der Waals surface area contributed by atoms with Crippen molar-refractivity contribution in [1.82, 2.24) is 9.78 Å². The van der Waals surface area contributed by atoms with Crippen LogP contribution in [0.25, 0.3) is 0 Å². The lowest BCUT2D eigenvalue weighted by Crippen LogP contribution is -2.05. The number of halogens is 1. The van der Waals surface area contributed by atoms with Crippen LogP contribution in [-0.2, 0) is 13.7 Å². The van der Waals surface area contributed by atoms with Gasteiger partial charge < -0.3 is 15.2 Å². The fourth-order valence-electron chi connectivity index (χ4n) is 1.77. The first-order valence-electron chi connectivity index (χ1n) is 5.77. The van der Waals surface area contributed by atoms with Crippen LogP contribution in [0.2, 0.25) is 5.02 Å². The van der Waals surface area contributed by atoms with Gasteiger partial charge in [-0.1, -0.05) is 11.6 Å². The summed E-state index contributed by atoms with van der Waals surface area (Å²) in [4.78, 5) is 0. The predicted molar refractivity (Wildman–Crippen MR) is 74.7 cm³/mol. The number of aryl methyl sites for hydroxylation is 2. The zero-order valence-corrected chi connectivity index (χ0v) is 11.9. The van der Waals surface area contributed by atoms with E-state index in [0.29, 0.717) is 28.8 Å². The van der Waals surface area contributed by atoms with Crippen LogP contribution in [0.4, 0.5) is 5.69 Å². The number of nitrogen functional groups attached to an aromatic ring is 1. The number of nitrogens with zero attached hydrogens (tertiary/aromatic N) is 2. The fraction of sp³-hybridized carbons (Fsp3) is 0.308. The van der Waals surface area contributed by atoms with E-state index in [4.69, 9.17) is 26.8 Å². The second-order valence-corrected chi connectivity index (χ2v) is 4.54. The molecule has 1 aromatic heterocycles. The fourth-order valence-corrected chi connectivity index (χ4v) is 1.98. The van der Waals surface area contributed by atoms with Gasteiger partial charge in [0.1, 0.15) is 18.1 Å². The highest BCUT2D eigenvalue weighted by molar-refractivity contribution is 6.31. The number of aromatic nitrogens is 2. The molecule has 0 saturated heterocycles. The van der Waals surface area contributed by atoms with Crippen molar-refractivity contribution in [2.75, 3.05) is 12.8 Å². The van der Waals surface area contributed by atoms with Gasteiger partial charge in [0, 0.05) is 13.1 Å². The Morgan fingerprint density at radius 3 is 2.68 bits per heavy atom. The summed E-state index contributed by atoms with van der Waals surface area (Å²) >= 11 is 6.15. The summed E-state index contributed by atoms with van der Waals surface area (Å²) in [5.41, 5.74) is 8.00. The monoisotopic (exact) mass is 281 g/mol. The summed E-state index contributed by atoms with van der Waals surface area (Å²) in [6, 6.07) is 5.28. The average Bonchev–Trinajstić information content (AvgIpc) is 2.62. The first kappa shape index (κ1) is 13.5. The van der Waals surface area contributed by atoms with Crippen LogP contribution in [0.5, 0.6) is 11.5 Å². The van der Waals surface area contributed by atoms with E-state index in [2.05, 4.69) is 5.10 Å². The van der Waals surface area contributed by atoms with Crippen LogP contribution in [0.3, 0.4) is 0 Å². The standard InChI is InChI=1S/C13H16ClN3O2/c1-8-13(14)11(17(2)16-8)7-19-12-5-4-9(18-3)6-10(12)15/h4-6H,7,15H2,1-3H3. The minimum absolute atomic E-state index is 0.312. The molecule has 0 aliphatic rings. The molecule has 0 bridgehead atoms. The minimum atomic E-state index is 0.312. The summed E-state index contributed by atoms with van der Waals surface area (Å²) in [7, 11) is 3.42. The van der Waals surface area contributed by atoms with E-state index in [0.717, 1.165) is 11.4 Å². The number of benzene rings is 1. The van der Waals surface area contributed by atoms with Gasteiger partial charge in [0.25, 0.3) is 0 Å². The third-order valence-electron chi connectivity index (χ3n) is 2.84. The Kier molecular flexibility index (Phi) is 3.85. The van der Waals surface area contributed by atoms with Crippen molar-refractivity contribution in [3.8, 4) is 11.5 Å². The molecule has 0 fully saturated rings. The van der Waals surface area contributed by atoms with Crippen LogP contribution in [0.1, 0.15) is 11.4 Å². The SMILES string of the molecule is COc1ccc(OCc2c(Cl)c(C)nn2C)c(N)c1. The molecule has 2 aromatic rings. The van der Waals surface area contributed by atoms with Crippen molar-refractivity contribution in [3.63, 3.8) is 0 Å². The summed E-state index contributed by atoms with van der Waals surface area (Å²) in [5, 5.41) is 4.85. The molecular formula is C13H16ClN3O2. The molecule has 2 rings (SSSR count). The van der Waals surface area contributed by atoms with E-state index in [-0.39, 0.29) is 0 Å². The second kappa shape index (κ2) is 5.40. The zero-order valence-electron chi connectivity index (χ0n) is 11.1. The molecule has 5 nitrogen and oxygen atoms in total. The van der Waals surface area contributed by atoms with Crippen LogP contribution in [0, 0.1) is 6.92 Å². The van der Waals surface area contributed by atoms with E-state index in [1.807, 2.05) is 14.0 Å². The van der Waals surface area contributed by atoms with Gasteiger partial charge in [-0.25, -0.2) is 0 Å². The summed E-state index contributed by atoms with van der Waals surface area (Å²) < 4.78 is 12.5. The smallest absolute Gasteiger partial charge is 0.143 e. The molecule has 0 aliphatic heterocycles. The average molecular weight is 282 g/mol. The molecule has 6 heteroatoms. The Morgan fingerprint density at radius 2 is 2.16 bits per heavy atom. The Morgan fingerprint density at radius 1 is 1.42 bits per heavy atom. The van der Waals surface area contributed by atoms with Gasteiger partial charge in [0.15, 0.2) is 0 Å². The molecule has 0 aliphatic carbocycles. The largest absolute Gasteiger partial charge is 0.497 e. The normalized spacial score (nSPS) is 10.5. The Labute approximate surface area is 116 Å². The summed E-state index contributed by atoms with van der Waals surface area (Å²) in [6.07, 6.45) is 0. The first-order valence-corrected chi connectivity index (χ1v) is 6.15. The molecule has 1 aromatic carbocycles. The molecule has 0 amide bonds. The molecule has 1 heterocycles. The third kappa shape index (κ3) is 2.76. The molecule has 2 N–H and O–H groups in total. The van der Waals surface area contributed by atoms with E-state index in [1.54, 1.807) is 30.0 Å². The van der Waals surface area contributed by atoms with Crippen molar-refractivity contribution < 1.29 is 9.47 Å². The van der Waals surface area contributed by atoms with Gasteiger partial charge in [-0.2, -0.15) is 5.10 Å². The number of rotatable bonds is 4. The maximum absolute atomic E-state index is 6.15. The molecule has 102 valence electrons. The summed E-state index contributed by atoms with van der Waals surface area (Å²) in [6.45, 7) is 2.17. The first-order chi connectivity index (χ1) is 9.02. The lowest BCUT2D eigenvalue weighted by atomic mass is 10.3. The van der Waals surface area contributed by atoms with Gasteiger partial charge in [-0.05, 0) is 19.1 Å². The van der Waals surface area contributed by atoms with E-state index >= 15 is 0 Å². The van der Waals surface area contributed by atoms with Crippen LogP contribution < -0.4 is 15.2 Å². The molecule has 0 saturated carbocycles. The molecule has 0 atom stereocenters. The van der Waals surface area contributed by atoms with Crippen LogP contribution in [-0.4, -0.2) is 16.9 Å². The lowest BCUT2D eigenvalue weighted by Gasteiger charge is -2.10. The second-order valence-electron chi connectivity index (χ2n) is 4.16.